The highest BCUT2D eigenvalue weighted by Gasteiger charge is 2.13. The zero-order chi connectivity index (χ0) is 19.8. The summed E-state index contributed by atoms with van der Waals surface area (Å²) in [6.07, 6.45) is 2.33. The van der Waals surface area contributed by atoms with E-state index in [1.807, 2.05) is 26.0 Å². The van der Waals surface area contributed by atoms with Crippen molar-refractivity contribution >= 4 is 23.2 Å². The van der Waals surface area contributed by atoms with E-state index in [4.69, 9.17) is 0 Å². The van der Waals surface area contributed by atoms with Crippen molar-refractivity contribution in [3.8, 4) is 0 Å². The van der Waals surface area contributed by atoms with Gasteiger partial charge >= 0.3 is 0 Å². The number of nitrogens with one attached hydrogen (secondary N) is 2. The molecule has 1 aromatic carbocycles. The number of amides is 2. The van der Waals surface area contributed by atoms with E-state index in [1.165, 1.54) is 12.3 Å². The smallest absolute Gasteiger partial charge is 0.274 e. The number of pyridine rings is 1. The number of anilines is 2. The minimum absolute atomic E-state index is 0.201. The molecule has 0 aliphatic heterocycles. The van der Waals surface area contributed by atoms with Gasteiger partial charge in [0.15, 0.2) is 0 Å². The molecule has 0 aliphatic rings. The van der Waals surface area contributed by atoms with Crippen molar-refractivity contribution in [3.63, 3.8) is 0 Å². The number of aromatic nitrogens is 1. The Kier molecular flexibility index (Phi) is 7.34. The predicted molar refractivity (Wildman–Crippen MR) is 110 cm³/mol. The molecule has 0 bridgehead atoms. The van der Waals surface area contributed by atoms with Gasteiger partial charge in [-0.25, -0.2) is 0 Å². The summed E-state index contributed by atoms with van der Waals surface area (Å²) in [5, 5.41) is 5.68. The quantitative estimate of drug-likeness (QED) is 0.746. The summed E-state index contributed by atoms with van der Waals surface area (Å²) in [6.45, 7) is 10.6. The number of rotatable bonds is 8. The maximum atomic E-state index is 12.6. The molecule has 0 spiro atoms. The summed E-state index contributed by atoms with van der Waals surface area (Å²) in [7, 11) is 0. The van der Waals surface area contributed by atoms with Crippen LogP contribution in [0.25, 0.3) is 0 Å². The van der Waals surface area contributed by atoms with Gasteiger partial charge in [0.25, 0.3) is 11.8 Å². The third kappa shape index (κ3) is 5.29. The van der Waals surface area contributed by atoms with Crippen molar-refractivity contribution in [3.05, 3.63) is 53.3 Å². The Balaban J connectivity index is 2.14. The van der Waals surface area contributed by atoms with Crippen molar-refractivity contribution in [2.75, 3.05) is 29.9 Å². The molecule has 0 unspecified atom stereocenters. The zero-order valence-electron chi connectivity index (χ0n) is 16.5. The lowest BCUT2D eigenvalue weighted by molar-refractivity contribution is 0.0953. The summed E-state index contributed by atoms with van der Waals surface area (Å²) in [5.74, 6) is -0.535. The lowest BCUT2D eigenvalue weighted by Crippen LogP contribution is -2.25. The van der Waals surface area contributed by atoms with Gasteiger partial charge in [-0.15, -0.1) is 0 Å². The van der Waals surface area contributed by atoms with Crippen LogP contribution >= 0.6 is 0 Å². The molecule has 0 radical (unpaired) electrons. The fraction of sp³-hybridized carbons (Fsp3) is 0.381. The molecule has 0 aliphatic carbocycles. The van der Waals surface area contributed by atoms with Crippen molar-refractivity contribution in [1.29, 1.82) is 0 Å². The van der Waals surface area contributed by atoms with Crippen molar-refractivity contribution < 1.29 is 9.59 Å². The van der Waals surface area contributed by atoms with Crippen LogP contribution in [0, 0.1) is 6.92 Å². The topological polar surface area (TPSA) is 74.3 Å². The third-order valence-corrected chi connectivity index (χ3v) is 4.38. The fourth-order valence-corrected chi connectivity index (χ4v) is 2.80. The van der Waals surface area contributed by atoms with Gasteiger partial charge in [0.1, 0.15) is 5.69 Å². The van der Waals surface area contributed by atoms with Crippen LogP contribution in [-0.2, 0) is 0 Å². The first-order valence-corrected chi connectivity index (χ1v) is 9.41. The number of hydrogen-bond acceptors (Lipinski definition) is 4. The SMILES string of the molecule is CCCNC(=O)c1ccnc(C(=O)Nc2ccc(N(CC)CC)cc2C)c1. The molecule has 0 atom stereocenters. The molecule has 2 aromatic rings. The van der Waals surface area contributed by atoms with E-state index in [9.17, 15) is 9.59 Å². The molecule has 144 valence electrons. The van der Waals surface area contributed by atoms with Crippen molar-refractivity contribution in [2.24, 2.45) is 0 Å². The average molecular weight is 368 g/mol. The van der Waals surface area contributed by atoms with Gasteiger partial charge < -0.3 is 15.5 Å². The summed E-state index contributed by atoms with van der Waals surface area (Å²) >= 11 is 0. The van der Waals surface area contributed by atoms with Crippen LogP contribution in [0.15, 0.2) is 36.5 Å². The van der Waals surface area contributed by atoms with E-state index < -0.39 is 0 Å². The highest BCUT2D eigenvalue weighted by molar-refractivity contribution is 6.05. The largest absolute Gasteiger partial charge is 0.372 e. The summed E-state index contributed by atoms with van der Waals surface area (Å²) in [5.41, 5.74) is 3.48. The summed E-state index contributed by atoms with van der Waals surface area (Å²) < 4.78 is 0. The maximum absolute atomic E-state index is 12.6. The first-order valence-electron chi connectivity index (χ1n) is 9.41. The Hall–Kier alpha value is -2.89. The van der Waals surface area contributed by atoms with Crippen LogP contribution in [0.5, 0.6) is 0 Å². The van der Waals surface area contributed by atoms with Crippen molar-refractivity contribution in [2.45, 2.75) is 34.1 Å². The molecule has 0 saturated carbocycles. The van der Waals surface area contributed by atoms with Crippen LogP contribution in [-0.4, -0.2) is 36.4 Å². The Morgan fingerprint density at radius 3 is 2.41 bits per heavy atom. The molecule has 0 saturated heterocycles. The minimum atomic E-state index is -0.334. The Morgan fingerprint density at radius 1 is 1.04 bits per heavy atom. The number of benzene rings is 1. The fourth-order valence-electron chi connectivity index (χ4n) is 2.80. The molecular formula is C21H28N4O2. The minimum Gasteiger partial charge on any atom is -0.372 e. The second kappa shape index (κ2) is 9.71. The Morgan fingerprint density at radius 2 is 1.78 bits per heavy atom. The van der Waals surface area contributed by atoms with E-state index in [1.54, 1.807) is 6.07 Å². The van der Waals surface area contributed by atoms with Gasteiger partial charge in [-0.3, -0.25) is 14.6 Å². The predicted octanol–water partition coefficient (Wildman–Crippen LogP) is 3.63. The van der Waals surface area contributed by atoms with E-state index in [-0.39, 0.29) is 17.5 Å². The van der Waals surface area contributed by atoms with Gasteiger partial charge in [0.2, 0.25) is 0 Å². The molecule has 0 fully saturated rings. The highest BCUT2D eigenvalue weighted by Crippen LogP contribution is 2.23. The average Bonchev–Trinajstić information content (AvgIpc) is 2.69. The van der Waals surface area contributed by atoms with Crippen LogP contribution in [0.1, 0.15) is 53.6 Å². The molecule has 6 heteroatoms. The monoisotopic (exact) mass is 368 g/mol. The standard InChI is InChI=1S/C21H28N4O2/c1-5-11-23-20(26)16-10-12-22-19(14-16)21(27)24-18-9-8-17(13-15(18)4)25(6-2)7-3/h8-10,12-14H,5-7,11H2,1-4H3,(H,23,26)(H,24,27). The zero-order valence-corrected chi connectivity index (χ0v) is 16.5. The molecule has 6 nitrogen and oxygen atoms in total. The number of carbonyl (C=O) groups is 2. The normalized spacial score (nSPS) is 10.4. The van der Waals surface area contributed by atoms with Crippen LogP contribution in [0.2, 0.25) is 0 Å². The van der Waals surface area contributed by atoms with Gasteiger partial charge in [-0.1, -0.05) is 6.92 Å². The second-order valence-electron chi connectivity index (χ2n) is 6.31. The van der Waals surface area contributed by atoms with Crippen LogP contribution in [0.4, 0.5) is 11.4 Å². The lowest BCUT2D eigenvalue weighted by Gasteiger charge is -2.22. The molecule has 1 aromatic heterocycles. The third-order valence-electron chi connectivity index (χ3n) is 4.38. The number of carbonyl (C=O) groups excluding carboxylic acids is 2. The first-order chi connectivity index (χ1) is 13.0. The van der Waals surface area contributed by atoms with Gasteiger partial charge in [0, 0.05) is 42.8 Å². The van der Waals surface area contributed by atoms with Gasteiger partial charge in [0.05, 0.1) is 0 Å². The number of aryl methyl sites for hydroxylation is 1. The second-order valence-corrected chi connectivity index (χ2v) is 6.31. The summed E-state index contributed by atoms with van der Waals surface area (Å²) in [4.78, 5) is 31.0. The lowest BCUT2D eigenvalue weighted by atomic mass is 10.1. The van der Waals surface area contributed by atoms with Gasteiger partial charge in [-0.05, 0) is 63.1 Å². The van der Waals surface area contributed by atoms with Gasteiger partial charge in [-0.2, -0.15) is 0 Å². The van der Waals surface area contributed by atoms with E-state index >= 15 is 0 Å². The van der Waals surface area contributed by atoms with Crippen LogP contribution in [0.3, 0.4) is 0 Å². The van der Waals surface area contributed by atoms with E-state index in [0.717, 1.165) is 36.4 Å². The van der Waals surface area contributed by atoms with E-state index in [2.05, 4.69) is 40.4 Å². The molecule has 2 amide bonds. The summed E-state index contributed by atoms with van der Waals surface area (Å²) in [6, 6.07) is 9.08. The molecule has 1 heterocycles. The molecular weight excluding hydrogens is 340 g/mol. The highest BCUT2D eigenvalue weighted by atomic mass is 16.2. The maximum Gasteiger partial charge on any atom is 0.274 e. The first kappa shape index (κ1) is 20.4. The molecule has 2 N–H and O–H groups in total. The number of nitrogens with zero attached hydrogens (tertiary/aromatic N) is 2. The Labute approximate surface area is 161 Å². The van der Waals surface area contributed by atoms with Crippen LogP contribution < -0.4 is 15.5 Å². The molecule has 2 rings (SSSR count). The van der Waals surface area contributed by atoms with E-state index in [0.29, 0.717) is 12.1 Å². The molecule has 27 heavy (non-hydrogen) atoms. The Bertz CT molecular complexity index is 801. The van der Waals surface area contributed by atoms with Crippen molar-refractivity contribution in [1.82, 2.24) is 10.3 Å². The number of hydrogen-bond donors (Lipinski definition) is 2.